The predicted octanol–water partition coefficient (Wildman–Crippen LogP) is 3.01. The Morgan fingerprint density at radius 3 is 2.53 bits per heavy atom. The Bertz CT molecular complexity index is 424. The van der Waals surface area contributed by atoms with Crippen LogP contribution in [0.25, 0.3) is 0 Å². The van der Waals surface area contributed by atoms with Crippen LogP contribution in [0.5, 0.6) is 0 Å². The van der Waals surface area contributed by atoms with Gasteiger partial charge in [-0.2, -0.15) is 0 Å². The molecule has 0 radical (unpaired) electrons. The van der Waals surface area contributed by atoms with Crippen LogP contribution in [0.2, 0.25) is 0 Å². The molecule has 3 nitrogen and oxygen atoms in total. The molecule has 0 amide bonds. The van der Waals surface area contributed by atoms with Gasteiger partial charge in [0, 0.05) is 0 Å². The molecule has 0 spiro atoms. The lowest BCUT2D eigenvalue weighted by atomic mass is 9.81. The number of nitrogens with two attached hydrogens (primary N) is 1. The van der Waals surface area contributed by atoms with E-state index in [1.54, 1.807) is 6.07 Å². The van der Waals surface area contributed by atoms with Crippen LogP contribution in [0.15, 0.2) is 18.2 Å². The second-order valence-electron chi connectivity index (χ2n) is 5.40. The van der Waals surface area contributed by atoms with Crippen molar-refractivity contribution in [2.75, 3.05) is 5.73 Å². The number of carboxylic acid groups (broad SMARTS) is 1. The molecule has 1 aromatic rings. The number of anilines is 1. The van der Waals surface area contributed by atoms with Gasteiger partial charge >= 0.3 is 5.97 Å². The average Bonchev–Trinajstić information content (AvgIpc) is 2.17. The van der Waals surface area contributed by atoms with E-state index in [0.717, 1.165) is 0 Å². The second kappa shape index (κ2) is 4.73. The number of nitrogen functional groups attached to an aromatic ring is 1. The van der Waals surface area contributed by atoms with Crippen molar-refractivity contribution in [2.24, 2.45) is 5.41 Å². The molecule has 0 aliphatic carbocycles. The highest BCUT2D eigenvalue weighted by Gasteiger charge is 2.28. The summed E-state index contributed by atoms with van der Waals surface area (Å²) in [6, 6.07) is 4.29. The zero-order valence-corrected chi connectivity index (χ0v) is 10.3. The normalized spacial score (nSPS) is 13.4. The molecule has 0 fully saturated rings. The van der Waals surface area contributed by atoms with Gasteiger partial charge in [0.15, 0.2) is 0 Å². The minimum atomic E-state index is -0.975. The summed E-state index contributed by atoms with van der Waals surface area (Å²) in [5, 5.41) is 9.23. The fraction of sp³-hybridized carbons (Fsp3) is 0.462. The van der Waals surface area contributed by atoms with Crippen molar-refractivity contribution >= 4 is 11.7 Å². The SMILES string of the molecule is CC(C)(C)CC(C(=O)O)c1cccc(F)c1N. The van der Waals surface area contributed by atoms with Crippen LogP contribution >= 0.6 is 0 Å². The van der Waals surface area contributed by atoms with Gasteiger partial charge in [-0.25, -0.2) is 4.39 Å². The number of carboxylic acids is 1. The van der Waals surface area contributed by atoms with Gasteiger partial charge in [-0.05, 0) is 23.5 Å². The lowest BCUT2D eigenvalue weighted by molar-refractivity contribution is -0.139. The van der Waals surface area contributed by atoms with Crippen LogP contribution < -0.4 is 5.73 Å². The molecule has 0 heterocycles. The first-order valence-corrected chi connectivity index (χ1v) is 5.49. The molecule has 4 heteroatoms. The third-order valence-electron chi connectivity index (χ3n) is 2.58. The second-order valence-corrected chi connectivity index (χ2v) is 5.40. The summed E-state index contributed by atoms with van der Waals surface area (Å²) >= 11 is 0. The zero-order valence-electron chi connectivity index (χ0n) is 10.3. The fourth-order valence-corrected chi connectivity index (χ4v) is 1.80. The Morgan fingerprint density at radius 1 is 1.47 bits per heavy atom. The maximum atomic E-state index is 13.3. The Kier molecular flexibility index (Phi) is 3.76. The van der Waals surface area contributed by atoms with Crippen LogP contribution in [0.1, 0.15) is 38.7 Å². The maximum absolute atomic E-state index is 13.3. The Balaban J connectivity index is 3.15. The van der Waals surface area contributed by atoms with Crippen molar-refractivity contribution in [2.45, 2.75) is 33.1 Å². The molecule has 0 aromatic heterocycles. The van der Waals surface area contributed by atoms with Gasteiger partial charge < -0.3 is 10.8 Å². The lowest BCUT2D eigenvalue weighted by Crippen LogP contribution is -2.20. The van der Waals surface area contributed by atoms with Gasteiger partial charge in [-0.15, -0.1) is 0 Å². The van der Waals surface area contributed by atoms with E-state index in [1.807, 2.05) is 20.8 Å². The van der Waals surface area contributed by atoms with Crippen molar-refractivity contribution in [1.29, 1.82) is 0 Å². The van der Waals surface area contributed by atoms with Gasteiger partial charge in [0.2, 0.25) is 0 Å². The summed E-state index contributed by atoms with van der Waals surface area (Å²) in [6.45, 7) is 5.83. The maximum Gasteiger partial charge on any atom is 0.311 e. The summed E-state index contributed by atoms with van der Waals surface area (Å²) in [4.78, 5) is 11.3. The van der Waals surface area contributed by atoms with Gasteiger partial charge in [0.1, 0.15) is 5.82 Å². The number of halogens is 1. The molecule has 1 unspecified atom stereocenters. The summed E-state index contributed by atoms with van der Waals surface area (Å²) in [5.41, 5.74) is 5.73. The number of aliphatic carboxylic acids is 1. The number of hydrogen-bond acceptors (Lipinski definition) is 2. The van der Waals surface area contributed by atoms with E-state index >= 15 is 0 Å². The third-order valence-corrected chi connectivity index (χ3v) is 2.58. The minimum Gasteiger partial charge on any atom is -0.481 e. The molecular formula is C13H18FNO2. The lowest BCUT2D eigenvalue weighted by Gasteiger charge is -2.24. The first-order valence-electron chi connectivity index (χ1n) is 5.49. The Morgan fingerprint density at radius 2 is 2.06 bits per heavy atom. The van der Waals surface area contributed by atoms with Crippen molar-refractivity contribution in [1.82, 2.24) is 0 Å². The van der Waals surface area contributed by atoms with Crippen molar-refractivity contribution < 1.29 is 14.3 Å². The first kappa shape index (κ1) is 13.5. The summed E-state index contributed by atoms with van der Waals surface area (Å²) in [7, 11) is 0. The standard InChI is InChI=1S/C13H18FNO2/c1-13(2,3)7-9(12(16)17)8-5-4-6-10(14)11(8)15/h4-6,9H,7,15H2,1-3H3,(H,16,17). The fourth-order valence-electron chi connectivity index (χ4n) is 1.80. The van der Waals surface area contributed by atoms with Crippen LogP contribution in [-0.4, -0.2) is 11.1 Å². The number of para-hydroxylation sites is 1. The van der Waals surface area contributed by atoms with Gasteiger partial charge in [-0.3, -0.25) is 4.79 Å². The molecule has 0 aliphatic rings. The van der Waals surface area contributed by atoms with Crippen LogP contribution in [0.4, 0.5) is 10.1 Å². The Labute approximate surface area is 100 Å². The smallest absolute Gasteiger partial charge is 0.311 e. The monoisotopic (exact) mass is 239 g/mol. The van der Waals surface area contributed by atoms with E-state index in [9.17, 15) is 14.3 Å². The van der Waals surface area contributed by atoms with Crippen molar-refractivity contribution in [3.63, 3.8) is 0 Å². The molecule has 1 aromatic carbocycles. The molecular weight excluding hydrogens is 221 g/mol. The van der Waals surface area contributed by atoms with E-state index < -0.39 is 17.7 Å². The summed E-state index contributed by atoms with van der Waals surface area (Å²) in [5.74, 6) is -2.31. The topological polar surface area (TPSA) is 63.3 Å². The number of rotatable bonds is 3. The first-order chi connectivity index (χ1) is 7.72. The molecule has 0 saturated heterocycles. The van der Waals surface area contributed by atoms with Crippen LogP contribution in [0, 0.1) is 11.2 Å². The van der Waals surface area contributed by atoms with Crippen molar-refractivity contribution in [3.8, 4) is 0 Å². The van der Waals surface area contributed by atoms with Gasteiger partial charge in [0.05, 0.1) is 11.6 Å². The molecule has 0 bridgehead atoms. The molecule has 1 atom stereocenters. The van der Waals surface area contributed by atoms with Crippen molar-refractivity contribution in [3.05, 3.63) is 29.6 Å². The van der Waals surface area contributed by atoms with E-state index in [2.05, 4.69) is 0 Å². The van der Waals surface area contributed by atoms with Crippen LogP contribution in [-0.2, 0) is 4.79 Å². The minimum absolute atomic E-state index is 0.0656. The van der Waals surface area contributed by atoms with Crippen LogP contribution in [0.3, 0.4) is 0 Å². The number of benzene rings is 1. The Hall–Kier alpha value is -1.58. The summed E-state index contributed by atoms with van der Waals surface area (Å²) < 4.78 is 13.3. The highest BCUT2D eigenvalue weighted by atomic mass is 19.1. The third kappa shape index (κ3) is 3.44. The average molecular weight is 239 g/mol. The number of hydrogen-bond donors (Lipinski definition) is 2. The van der Waals surface area contributed by atoms with E-state index in [0.29, 0.717) is 12.0 Å². The quantitative estimate of drug-likeness (QED) is 0.797. The van der Waals surface area contributed by atoms with E-state index in [-0.39, 0.29) is 11.1 Å². The van der Waals surface area contributed by atoms with Gasteiger partial charge in [0.25, 0.3) is 0 Å². The molecule has 1 rings (SSSR count). The highest BCUT2D eigenvalue weighted by Crippen LogP contribution is 2.34. The highest BCUT2D eigenvalue weighted by molar-refractivity contribution is 5.78. The summed E-state index contributed by atoms with van der Waals surface area (Å²) in [6.07, 6.45) is 0.413. The molecule has 94 valence electrons. The molecule has 0 saturated carbocycles. The molecule has 3 N–H and O–H groups in total. The zero-order chi connectivity index (χ0) is 13.2. The number of carbonyl (C=O) groups is 1. The van der Waals surface area contributed by atoms with E-state index in [1.165, 1.54) is 12.1 Å². The largest absolute Gasteiger partial charge is 0.481 e. The van der Waals surface area contributed by atoms with E-state index in [4.69, 9.17) is 5.73 Å². The van der Waals surface area contributed by atoms with Gasteiger partial charge in [-0.1, -0.05) is 32.9 Å². The predicted molar refractivity (Wildman–Crippen MR) is 65.3 cm³/mol. The molecule has 0 aliphatic heterocycles. The molecule has 17 heavy (non-hydrogen) atoms.